The summed E-state index contributed by atoms with van der Waals surface area (Å²) in [5.74, 6) is 0.0201. The van der Waals surface area contributed by atoms with Crippen LogP contribution in [-0.4, -0.2) is 40.8 Å². The summed E-state index contributed by atoms with van der Waals surface area (Å²) in [4.78, 5) is 33.9. The van der Waals surface area contributed by atoms with Gasteiger partial charge in [-0.3, -0.25) is 0 Å². The van der Waals surface area contributed by atoms with Crippen LogP contribution in [0.15, 0.2) is 84.9 Å². The minimum atomic E-state index is -0.462. The van der Waals surface area contributed by atoms with Gasteiger partial charge in [0.25, 0.3) is 0 Å². The topological polar surface area (TPSA) is 93.4 Å². The number of hydrogen-bond donors (Lipinski definition) is 2. The van der Waals surface area contributed by atoms with E-state index >= 15 is 0 Å². The van der Waals surface area contributed by atoms with Gasteiger partial charge in [-0.1, -0.05) is 72.8 Å². The van der Waals surface area contributed by atoms with Crippen molar-refractivity contribution in [1.82, 2.24) is 9.97 Å². The lowest BCUT2D eigenvalue weighted by Crippen LogP contribution is -2.12. The SMILES string of the molecule is COc1ccc(C(c2[nH]c(C(=O)OCc3ccccc3)c(C)c2CCCl)c2[nH]c(C(=O)OCc3ccccc3)c(C)c2CCCl)cc1. The first kappa shape index (κ1) is 33.9. The van der Waals surface area contributed by atoms with Crippen LogP contribution < -0.4 is 4.74 Å². The summed E-state index contributed by atoms with van der Waals surface area (Å²) < 4.78 is 16.9. The summed E-state index contributed by atoms with van der Waals surface area (Å²) in [6, 6.07) is 26.8. The molecule has 47 heavy (non-hydrogen) atoms. The number of aromatic amines is 2. The summed E-state index contributed by atoms with van der Waals surface area (Å²) >= 11 is 12.7. The molecule has 0 aliphatic rings. The normalized spacial score (nSPS) is 11.1. The number of H-pyrrole nitrogens is 2. The first-order chi connectivity index (χ1) is 22.9. The predicted molar refractivity (Wildman–Crippen MR) is 185 cm³/mol. The van der Waals surface area contributed by atoms with Gasteiger partial charge >= 0.3 is 11.9 Å². The van der Waals surface area contributed by atoms with Crippen LogP contribution in [-0.2, 0) is 35.5 Å². The van der Waals surface area contributed by atoms with Crippen molar-refractivity contribution in [3.8, 4) is 5.75 Å². The molecule has 0 saturated heterocycles. The van der Waals surface area contributed by atoms with Gasteiger partial charge in [-0.25, -0.2) is 9.59 Å². The minimum absolute atomic E-state index is 0.143. The number of halogens is 2. The fraction of sp³-hybridized carbons (Fsp3) is 0.263. The van der Waals surface area contributed by atoms with Crippen LogP contribution in [0, 0.1) is 13.8 Å². The lowest BCUT2D eigenvalue weighted by atomic mass is 9.86. The van der Waals surface area contributed by atoms with E-state index in [-0.39, 0.29) is 13.2 Å². The van der Waals surface area contributed by atoms with Gasteiger partial charge in [0.05, 0.1) is 13.0 Å². The number of nitrogens with one attached hydrogen (secondary N) is 2. The Labute approximate surface area is 285 Å². The highest BCUT2D eigenvalue weighted by Gasteiger charge is 2.32. The smallest absolute Gasteiger partial charge is 0.355 e. The quantitative estimate of drug-likeness (QED) is 0.0912. The molecule has 2 heterocycles. The van der Waals surface area contributed by atoms with E-state index in [1.807, 2.05) is 98.8 Å². The number of carbonyl (C=O) groups is 2. The van der Waals surface area contributed by atoms with Crippen LogP contribution in [0.25, 0.3) is 0 Å². The van der Waals surface area contributed by atoms with Crippen molar-refractivity contribution in [3.63, 3.8) is 0 Å². The lowest BCUT2D eigenvalue weighted by Gasteiger charge is -2.20. The molecule has 0 fully saturated rings. The Morgan fingerprint density at radius 1 is 0.660 bits per heavy atom. The molecule has 0 unspecified atom stereocenters. The Kier molecular flexibility index (Phi) is 11.5. The molecular weight excluding hydrogens is 635 g/mol. The molecule has 7 nitrogen and oxygen atoms in total. The summed E-state index contributed by atoms with van der Waals surface area (Å²) in [6.07, 6.45) is 1.02. The second kappa shape index (κ2) is 15.9. The van der Waals surface area contributed by atoms with Crippen LogP contribution in [0.1, 0.15) is 77.2 Å². The van der Waals surface area contributed by atoms with E-state index in [2.05, 4.69) is 9.97 Å². The minimum Gasteiger partial charge on any atom is -0.497 e. The van der Waals surface area contributed by atoms with E-state index in [1.54, 1.807) is 7.11 Å². The number of aromatic nitrogens is 2. The second-order valence-electron chi connectivity index (χ2n) is 11.2. The zero-order valence-electron chi connectivity index (χ0n) is 26.7. The van der Waals surface area contributed by atoms with Crippen LogP contribution in [0.5, 0.6) is 5.75 Å². The number of rotatable bonds is 14. The standard InChI is InChI=1S/C38H38Cl2N2O5/c1-24-30(18-20-39)35(41-33(24)37(43)46-22-26-10-6-4-7-11-26)32(28-14-16-29(45-3)17-15-28)36-31(19-21-40)25(2)34(42-36)38(44)47-23-27-12-8-5-9-13-27/h4-17,32,41-42H,18-23H2,1-3H3. The molecule has 2 aromatic heterocycles. The number of ether oxygens (including phenoxy) is 3. The van der Waals surface area contributed by atoms with Gasteiger partial charge < -0.3 is 24.2 Å². The van der Waals surface area contributed by atoms with E-state index in [4.69, 9.17) is 37.4 Å². The first-order valence-corrected chi connectivity index (χ1v) is 16.5. The molecule has 0 aliphatic heterocycles. The Morgan fingerprint density at radius 3 is 1.47 bits per heavy atom. The predicted octanol–water partition coefficient (Wildman–Crippen LogP) is 8.43. The summed E-state index contributed by atoms with van der Waals surface area (Å²) in [5.41, 5.74) is 8.32. The van der Waals surface area contributed by atoms with Gasteiger partial charge in [-0.15, -0.1) is 23.2 Å². The van der Waals surface area contributed by atoms with Crippen molar-refractivity contribution in [1.29, 1.82) is 0 Å². The van der Waals surface area contributed by atoms with Crippen molar-refractivity contribution in [2.45, 2.75) is 45.8 Å². The lowest BCUT2D eigenvalue weighted by molar-refractivity contribution is 0.0457. The van der Waals surface area contributed by atoms with Crippen LogP contribution in [0.4, 0.5) is 0 Å². The largest absolute Gasteiger partial charge is 0.497 e. The third kappa shape index (κ3) is 7.75. The monoisotopic (exact) mass is 672 g/mol. The molecule has 0 saturated carbocycles. The number of benzene rings is 3. The zero-order valence-corrected chi connectivity index (χ0v) is 28.2. The molecule has 5 rings (SSSR count). The van der Waals surface area contributed by atoms with Gasteiger partial charge in [0.15, 0.2) is 0 Å². The van der Waals surface area contributed by atoms with Gasteiger partial charge in [-0.05, 0) is 77.8 Å². The van der Waals surface area contributed by atoms with Crippen molar-refractivity contribution < 1.29 is 23.8 Å². The zero-order chi connectivity index (χ0) is 33.3. The average molecular weight is 674 g/mol. The Morgan fingerprint density at radius 2 is 1.09 bits per heavy atom. The molecule has 244 valence electrons. The molecule has 0 amide bonds. The highest BCUT2D eigenvalue weighted by Crippen LogP contribution is 2.40. The number of hydrogen-bond acceptors (Lipinski definition) is 5. The molecule has 2 N–H and O–H groups in total. The summed E-state index contributed by atoms with van der Waals surface area (Å²) in [6.45, 7) is 4.09. The van der Waals surface area contributed by atoms with E-state index in [0.717, 1.165) is 50.3 Å². The third-order valence-corrected chi connectivity index (χ3v) is 8.75. The van der Waals surface area contributed by atoms with Crippen molar-refractivity contribution in [3.05, 3.63) is 147 Å². The van der Waals surface area contributed by atoms with Gasteiger partial charge in [-0.2, -0.15) is 0 Å². The highest BCUT2D eigenvalue weighted by molar-refractivity contribution is 6.18. The highest BCUT2D eigenvalue weighted by atomic mass is 35.5. The van der Waals surface area contributed by atoms with Crippen LogP contribution in [0.3, 0.4) is 0 Å². The number of methoxy groups -OCH3 is 1. The maximum atomic E-state index is 13.5. The van der Waals surface area contributed by atoms with Crippen LogP contribution >= 0.6 is 23.2 Å². The Hall–Kier alpha value is -4.46. The molecule has 9 heteroatoms. The molecule has 5 aromatic rings. The van der Waals surface area contributed by atoms with Crippen LogP contribution in [0.2, 0.25) is 0 Å². The van der Waals surface area contributed by atoms with Gasteiger partial charge in [0.2, 0.25) is 0 Å². The number of alkyl halides is 2. The second-order valence-corrected chi connectivity index (χ2v) is 12.0. The first-order valence-electron chi connectivity index (χ1n) is 15.5. The molecule has 3 aromatic carbocycles. The fourth-order valence-corrected chi connectivity index (χ4v) is 6.29. The maximum absolute atomic E-state index is 13.5. The summed E-state index contributed by atoms with van der Waals surface area (Å²) in [7, 11) is 1.62. The van der Waals surface area contributed by atoms with Crippen molar-refractivity contribution in [2.24, 2.45) is 0 Å². The molecule has 0 aliphatic carbocycles. The average Bonchev–Trinajstić information content (AvgIpc) is 3.60. The third-order valence-electron chi connectivity index (χ3n) is 8.37. The van der Waals surface area contributed by atoms with E-state index in [0.29, 0.717) is 41.7 Å². The number of carbonyl (C=O) groups excluding carboxylic acids is 2. The fourth-order valence-electron chi connectivity index (χ4n) is 5.91. The van der Waals surface area contributed by atoms with Gasteiger partial charge in [0, 0.05) is 23.1 Å². The molecule has 0 bridgehead atoms. The van der Waals surface area contributed by atoms with E-state index < -0.39 is 17.9 Å². The van der Waals surface area contributed by atoms with E-state index in [1.165, 1.54) is 0 Å². The molecule has 0 radical (unpaired) electrons. The Balaban J connectivity index is 1.60. The molecule has 0 atom stereocenters. The Bertz CT molecular complexity index is 1690. The maximum Gasteiger partial charge on any atom is 0.355 e. The molecule has 0 spiro atoms. The summed E-state index contributed by atoms with van der Waals surface area (Å²) in [5, 5.41) is 0. The van der Waals surface area contributed by atoms with E-state index in [9.17, 15) is 9.59 Å². The molecular formula is C38H38Cl2N2O5. The van der Waals surface area contributed by atoms with Crippen molar-refractivity contribution in [2.75, 3.05) is 18.9 Å². The van der Waals surface area contributed by atoms with Gasteiger partial charge in [0.1, 0.15) is 30.4 Å². The van der Waals surface area contributed by atoms with Crippen molar-refractivity contribution >= 4 is 35.1 Å². The number of esters is 2.